The van der Waals surface area contributed by atoms with Crippen molar-refractivity contribution in [2.24, 2.45) is 5.73 Å². The van der Waals surface area contributed by atoms with E-state index in [9.17, 15) is 4.39 Å². The van der Waals surface area contributed by atoms with Gasteiger partial charge < -0.3 is 14.9 Å². The molecular weight excluding hydrogens is 337 g/mol. The van der Waals surface area contributed by atoms with Gasteiger partial charge in [0, 0.05) is 12.6 Å². The van der Waals surface area contributed by atoms with Gasteiger partial charge in [-0.05, 0) is 52.8 Å². The molecule has 1 aromatic carbocycles. The van der Waals surface area contributed by atoms with Gasteiger partial charge in [-0.1, -0.05) is 6.07 Å². The third kappa shape index (κ3) is 2.77. The summed E-state index contributed by atoms with van der Waals surface area (Å²) < 4.78 is 21.4. The van der Waals surface area contributed by atoms with E-state index in [-0.39, 0.29) is 5.82 Å². The molecule has 3 rings (SSSR count). The first-order valence-electron chi connectivity index (χ1n) is 6.48. The summed E-state index contributed by atoms with van der Waals surface area (Å²) in [7, 11) is 0. The minimum absolute atomic E-state index is 0.334. The van der Waals surface area contributed by atoms with Crippen LogP contribution >= 0.6 is 15.9 Å². The van der Waals surface area contributed by atoms with Crippen LogP contribution in [0.5, 0.6) is 11.6 Å². The Hall–Kier alpha value is -1.92. The van der Waals surface area contributed by atoms with Gasteiger partial charge in [0.2, 0.25) is 5.88 Å². The smallest absolute Gasteiger partial charge is 0.241 e. The topological polar surface area (TPSA) is 52.5 Å². The molecule has 0 aliphatic carbocycles. The van der Waals surface area contributed by atoms with Crippen molar-refractivity contribution in [1.29, 1.82) is 0 Å². The number of imidazole rings is 1. The summed E-state index contributed by atoms with van der Waals surface area (Å²) in [4.78, 5) is 4.45. The molecule has 0 aliphatic heterocycles. The van der Waals surface area contributed by atoms with E-state index in [0.717, 1.165) is 11.3 Å². The van der Waals surface area contributed by atoms with Crippen molar-refractivity contribution < 1.29 is 9.13 Å². The van der Waals surface area contributed by atoms with Crippen LogP contribution in [0.4, 0.5) is 4.39 Å². The fraction of sp³-hybridized carbons (Fsp3) is 0.133. The van der Waals surface area contributed by atoms with Crippen LogP contribution in [-0.2, 0) is 6.42 Å². The highest BCUT2D eigenvalue weighted by atomic mass is 79.9. The number of rotatable bonds is 4. The van der Waals surface area contributed by atoms with Gasteiger partial charge in [-0.2, -0.15) is 4.98 Å². The van der Waals surface area contributed by atoms with E-state index in [4.69, 9.17) is 10.5 Å². The first kappa shape index (κ1) is 14.0. The molecule has 6 heteroatoms. The second-order valence-corrected chi connectivity index (χ2v) is 5.36. The third-order valence-corrected chi connectivity index (χ3v) is 3.69. The van der Waals surface area contributed by atoms with Crippen molar-refractivity contribution in [2.75, 3.05) is 6.54 Å². The lowest BCUT2D eigenvalue weighted by Crippen LogP contribution is -2.06. The van der Waals surface area contributed by atoms with E-state index < -0.39 is 0 Å². The molecule has 0 fully saturated rings. The van der Waals surface area contributed by atoms with Crippen LogP contribution < -0.4 is 10.5 Å². The van der Waals surface area contributed by atoms with Gasteiger partial charge in [-0.15, -0.1) is 0 Å². The fourth-order valence-electron chi connectivity index (χ4n) is 2.12. The number of hydrogen-bond acceptors (Lipinski definition) is 3. The molecule has 0 amide bonds. The molecule has 4 nitrogen and oxygen atoms in total. The highest BCUT2D eigenvalue weighted by molar-refractivity contribution is 9.10. The number of fused-ring (bicyclic) bond motifs is 1. The molecule has 0 unspecified atom stereocenters. The molecule has 3 aromatic rings. The lowest BCUT2D eigenvalue weighted by molar-refractivity contribution is 0.457. The Labute approximate surface area is 129 Å². The monoisotopic (exact) mass is 349 g/mol. The van der Waals surface area contributed by atoms with Gasteiger partial charge in [0.15, 0.2) is 0 Å². The zero-order valence-corrected chi connectivity index (χ0v) is 12.7. The quantitative estimate of drug-likeness (QED) is 0.783. The van der Waals surface area contributed by atoms with Gasteiger partial charge in [-0.3, -0.25) is 0 Å². The number of pyridine rings is 1. The van der Waals surface area contributed by atoms with Crippen LogP contribution in [0.2, 0.25) is 0 Å². The Bertz CT molecular complexity index is 788. The molecule has 2 aromatic heterocycles. The number of nitrogens with zero attached hydrogens (tertiary/aromatic N) is 2. The van der Waals surface area contributed by atoms with E-state index in [1.165, 1.54) is 6.07 Å². The van der Waals surface area contributed by atoms with Crippen molar-refractivity contribution in [3.05, 3.63) is 58.6 Å². The summed E-state index contributed by atoms with van der Waals surface area (Å²) in [5.74, 6) is 0.676. The summed E-state index contributed by atoms with van der Waals surface area (Å²) in [5.41, 5.74) is 7.35. The number of ether oxygens (including phenoxy) is 1. The molecule has 0 aliphatic rings. The van der Waals surface area contributed by atoms with Crippen molar-refractivity contribution >= 4 is 21.6 Å². The highest BCUT2D eigenvalue weighted by Crippen LogP contribution is 2.29. The van der Waals surface area contributed by atoms with E-state index in [1.807, 2.05) is 28.8 Å². The van der Waals surface area contributed by atoms with E-state index in [0.29, 0.717) is 29.1 Å². The van der Waals surface area contributed by atoms with Gasteiger partial charge in [0.25, 0.3) is 0 Å². The molecule has 0 spiro atoms. The van der Waals surface area contributed by atoms with E-state index in [2.05, 4.69) is 20.9 Å². The van der Waals surface area contributed by atoms with Crippen molar-refractivity contribution in [2.45, 2.75) is 6.42 Å². The normalized spacial score (nSPS) is 11.0. The van der Waals surface area contributed by atoms with Crippen LogP contribution in [0, 0.1) is 5.82 Å². The Kier molecular flexibility index (Phi) is 3.90. The first-order chi connectivity index (χ1) is 10.2. The molecule has 2 N–H and O–H groups in total. The minimum Gasteiger partial charge on any atom is -0.437 e. The van der Waals surface area contributed by atoms with Crippen LogP contribution in [0.15, 0.2) is 47.1 Å². The molecular formula is C15H13BrFN3O. The summed E-state index contributed by atoms with van der Waals surface area (Å²) in [6, 6.07) is 10.2. The van der Waals surface area contributed by atoms with Crippen molar-refractivity contribution in [3.63, 3.8) is 0 Å². The average molecular weight is 350 g/mol. The summed E-state index contributed by atoms with van der Waals surface area (Å²) in [6.45, 7) is 0.492. The van der Waals surface area contributed by atoms with Gasteiger partial charge >= 0.3 is 0 Å². The number of aromatic nitrogens is 2. The van der Waals surface area contributed by atoms with E-state index >= 15 is 0 Å². The maximum Gasteiger partial charge on any atom is 0.241 e. The summed E-state index contributed by atoms with van der Waals surface area (Å²) in [5, 5.41) is 0. The molecule has 2 heterocycles. The van der Waals surface area contributed by atoms with Gasteiger partial charge in [0.1, 0.15) is 17.2 Å². The lowest BCUT2D eigenvalue weighted by Gasteiger charge is -2.06. The maximum absolute atomic E-state index is 13.3. The number of nitrogens with two attached hydrogens (primary N) is 1. The predicted molar refractivity (Wildman–Crippen MR) is 82.1 cm³/mol. The SMILES string of the molecule is NCCc1c(Oc2ccc(F)c(Br)c2)nc2ccccn12. The molecule has 0 saturated carbocycles. The van der Waals surface area contributed by atoms with Crippen LogP contribution in [0.1, 0.15) is 5.69 Å². The molecule has 0 atom stereocenters. The standard InChI is InChI=1S/C15H13BrFN3O/c16-11-9-10(4-5-12(11)17)21-15-13(6-7-18)20-8-2-1-3-14(20)19-15/h1-5,8-9H,6-7,18H2. The second-order valence-electron chi connectivity index (χ2n) is 4.51. The van der Waals surface area contributed by atoms with Crippen molar-refractivity contribution in [1.82, 2.24) is 9.38 Å². The zero-order valence-electron chi connectivity index (χ0n) is 11.1. The lowest BCUT2D eigenvalue weighted by atomic mass is 10.3. The molecule has 0 radical (unpaired) electrons. The number of halogens is 2. The predicted octanol–water partition coefficient (Wildman–Crippen LogP) is 3.53. The minimum atomic E-state index is -0.334. The Balaban J connectivity index is 2.02. The first-order valence-corrected chi connectivity index (χ1v) is 7.27. The van der Waals surface area contributed by atoms with Crippen molar-refractivity contribution in [3.8, 4) is 11.6 Å². The van der Waals surface area contributed by atoms with Gasteiger partial charge in [-0.25, -0.2) is 4.39 Å². The summed E-state index contributed by atoms with van der Waals surface area (Å²) in [6.07, 6.45) is 2.56. The van der Waals surface area contributed by atoms with Crippen LogP contribution in [-0.4, -0.2) is 15.9 Å². The molecule has 0 saturated heterocycles. The Morgan fingerprint density at radius 3 is 2.90 bits per heavy atom. The maximum atomic E-state index is 13.3. The third-order valence-electron chi connectivity index (χ3n) is 3.08. The summed E-state index contributed by atoms with van der Waals surface area (Å²) >= 11 is 3.14. The average Bonchev–Trinajstić information content (AvgIpc) is 2.81. The largest absolute Gasteiger partial charge is 0.437 e. The highest BCUT2D eigenvalue weighted by Gasteiger charge is 2.14. The molecule has 0 bridgehead atoms. The zero-order chi connectivity index (χ0) is 14.8. The Morgan fingerprint density at radius 2 is 2.14 bits per heavy atom. The number of hydrogen-bond donors (Lipinski definition) is 1. The fourth-order valence-corrected chi connectivity index (χ4v) is 2.48. The van der Waals surface area contributed by atoms with E-state index in [1.54, 1.807) is 12.1 Å². The second kappa shape index (κ2) is 5.83. The van der Waals surface area contributed by atoms with Crippen LogP contribution in [0.25, 0.3) is 5.65 Å². The van der Waals surface area contributed by atoms with Gasteiger partial charge in [0.05, 0.1) is 10.2 Å². The van der Waals surface area contributed by atoms with Crippen LogP contribution in [0.3, 0.4) is 0 Å². The molecule has 108 valence electrons. The molecule has 21 heavy (non-hydrogen) atoms. The number of benzene rings is 1. The Morgan fingerprint density at radius 1 is 1.29 bits per heavy atom.